The Balaban J connectivity index is 1.28. The number of carbonyl (C=O) groups is 3. The Kier molecular flexibility index (Phi) is 4.62. The third kappa shape index (κ3) is 3.68. The Morgan fingerprint density at radius 3 is 2.30 bits per heavy atom. The molecule has 6 nitrogen and oxygen atoms in total. The second-order valence-electron chi connectivity index (χ2n) is 8.44. The van der Waals surface area contributed by atoms with Crippen LogP contribution in [-0.2, 0) is 9.59 Å². The quantitative estimate of drug-likeness (QED) is 0.544. The average molecular weight is 390 g/mol. The van der Waals surface area contributed by atoms with Crippen LogP contribution in [0.4, 0.5) is 0 Å². The standard InChI is InChI=1S/C20H24ClN3O3/c21-20-9-13-6-14(10-20)8-19(7-13,12-20)18(27)22-11-16(25)23-24-17(26)15-4-2-1-3-5-15/h1-5,13-14H,6-12H2,(H,22,27)(H,23,25)(H,24,26)/t13-,14+,19?,20?. The molecule has 3 amide bonds. The molecule has 1 aromatic carbocycles. The van der Waals surface area contributed by atoms with E-state index in [0.717, 1.165) is 25.7 Å². The predicted molar refractivity (Wildman–Crippen MR) is 101 cm³/mol. The maximum absolute atomic E-state index is 12.9. The van der Waals surface area contributed by atoms with Gasteiger partial charge in [0.05, 0.1) is 12.0 Å². The maximum atomic E-state index is 12.9. The molecule has 4 saturated carbocycles. The predicted octanol–water partition coefficient (Wildman–Crippen LogP) is 2.14. The molecule has 0 aliphatic heterocycles. The summed E-state index contributed by atoms with van der Waals surface area (Å²) in [4.78, 5) is 36.6. The number of hydrogen-bond acceptors (Lipinski definition) is 3. The molecule has 7 heteroatoms. The highest BCUT2D eigenvalue weighted by molar-refractivity contribution is 6.24. The SMILES string of the molecule is O=C(CNC(=O)C12C[C@@H]3C[C@@H](CC(Cl)(C3)C1)C2)NNC(=O)c1ccccc1. The lowest BCUT2D eigenvalue weighted by molar-refractivity contribution is -0.145. The Hall–Kier alpha value is -2.08. The van der Waals surface area contributed by atoms with Crippen LogP contribution >= 0.6 is 11.6 Å². The fourth-order valence-corrected chi connectivity index (χ4v) is 6.29. The summed E-state index contributed by atoms with van der Waals surface area (Å²) in [7, 11) is 0. The molecule has 4 aliphatic rings. The van der Waals surface area contributed by atoms with Gasteiger partial charge in [0.25, 0.3) is 11.8 Å². The number of hydrogen-bond donors (Lipinski definition) is 3. The Labute approximate surface area is 163 Å². The largest absolute Gasteiger partial charge is 0.346 e. The first-order valence-electron chi connectivity index (χ1n) is 9.49. The molecule has 0 aromatic heterocycles. The monoisotopic (exact) mass is 389 g/mol. The number of nitrogens with one attached hydrogen (secondary N) is 3. The smallest absolute Gasteiger partial charge is 0.269 e. The average Bonchev–Trinajstić information content (AvgIpc) is 2.62. The van der Waals surface area contributed by atoms with Gasteiger partial charge in [0, 0.05) is 10.4 Å². The lowest BCUT2D eigenvalue weighted by Crippen LogP contribution is -2.59. The van der Waals surface area contributed by atoms with Crippen LogP contribution in [0.1, 0.15) is 48.9 Å². The molecular formula is C20H24ClN3O3. The van der Waals surface area contributed by atoms with Crippen molar-refractivity contribution in [2.75, 3.05) is 6.54 Å². The van der Waals surface area contributed by atoms with Crippen molar-refractivity contribution in [2.45, 2.75) is 43.4 Å². The zero-order chi connectivity index (χ0) is 19.1. The Morgan fingerprint density at radius 2 is 1.67 bits per heavy atom. The van der Waals surface area contributed by atoms with E-state index < -0.39 is 17.2 Å². The zero-order valence-electron chi connectivity index (χ0n) is 15.1. The lowest BCUT2D eigenvalue weighted by Gasteiger charge is -2.59. The fourth-order valence-electron chi connectivity index (χ4n) is 5.60. The van der Waals surface area contributed by atoms with Gasteiger partial charge in [-0.3, -0.25) is 25.2 Å². The summed E-state index contributed by atoms with van der Waals surface area (Å²) >= 11 is 6.76. The van der Waals surface area contributed by atoms with E-state index >= 15 is 0 Å². The van der Waals surface area contributed by atoms with Crippen molar-refractivity contribution in [2.24, 2.45) is 17.3 Å². The number of carbonyl (C=O) groups excluding carboxylic acids is 3. The topological polar surface area (TPSA) is 87.3 Å². The van der Waals surface area contributed by atoms with Crippen molar-refractivity contribution in [3.63, 3.8) is 0 Å². The van der Waals surface area contributed by atoms with Crippen LogP contribution in [0, 0.1) is 17.3 Å². The number of rotatable bonds is 4. The van der Waals surface area contributed by atoms with Gasteiger partial charge in [0.2, 0.25) is 5.91 Å². The second-order valence-corrected chi connectivity index (χ2v) is 9.25. The molecule has 2 unspecified atom stereocenters. The van der Waals surface area contributed by atoms with Crippen LogP contribution in [0.15, 0.2) is 30.3 Å². The molecule has 144 valence electrons. The molecule has 4 aliphatic carbocycles. The molecule has 4 fully saturated rings. The van der Waals surface area contributed by atoms with Crippen molar-refractivity contribution in [3.05, 3.63) is 35.9 Å². The minimum absolute atomic E-state index is 0.0776. The van der Waals surface area contributed by atoms with Crippen LogP contribution in [-0.4, -0.2) is 29.1 Å². The van der Waals surface area contributed by atoms with Crippen molar-refractivity contribution in [1.29, 1.82) is 0 Å². The second kappa shape index (κ2) is 6.82. The third-order valence-corrected chi connectivity index (χ3v) is 6.67. The molecule has 5 rings (SSSR count). The Morgan fingerprint density at radius 1 is 1.00 bits per heavy atom. The fraction of sp³-hybridized carbons (Fsp3) is 0.550. The minimum atomic E-state index is -0.460. The van der Waals surface area contributed by atoms with E-state index in [-0.39, 0.29) is 17.3 Å². The van der Waals surface area contributed by atoms with Gasteiger partial charge in [-0.05, 0) is 62.5 Å². The molecule has 27 heavy (non-hydrogen) atoms. The molecule has 0 radical (unpaired) electrons. The molecule has 4 bridgehead atoms. The van der Waals surface area contributed by atoms with Gasteiger partial charge in [-0.15, -0.1) is 11.6 Å². The number of hydrazine groups is 1. The van der Waals surface area contributed by atoms with Crippen LogP contribution in [0.5, 0.6) is 0 Å². The van der Waals surface area contributed by atoms with E-state index in [2.05, 4.69) is 16.2 Å². The summed E-state index contributed by atoms with van der Waals surface area (Å²) < 4.78 is 0. The number of amides is 3. The van der Waals surface area contributed by atoms with Gasteiger partial charge in [0.15, 0.2) is 0 Å². The van der Waals surface area contributed by atoms with Crippen molar-refractivity contribution < 1.29 is 14.4 Å². The van der Waals surface area contributed by atoms with Crippen molar-refractivity contribution in [3.8, 4) is 0 Å². The van der Waals surface area contributed by atoms with Gasteiger partial charge >= 0.3 is 0 Å². The van der Waals surface area contributed by atoms with Crippen molar-refractivity contribution >= 4 is 29.3 Å². The van der Waals surface area contributed by atoms with Crippen molar-refractivity contribution in [1.82, 2.24) is 16.2 Å². The summed E-state index contributed by atoms with van der Waals surface area (Å²) in [6.45, 7) is -0.166. The first-order chi connectivity index (χ1) is 12.9. The zero-order valence-corrected chi connectivity index (χ0v) is 15.8. The van der Waals surface area contributed by atoms with E-state index in [1.165, 1.54) is 6.42 Å². The molecule has 4 atom stereocenters. The van der Waals surface area contributed by atoms with Gasteiger partial charge in [-0.1, -0.05) is 18.2 Å². The highest BCUT2D eigenvalue weighted by Gasteiger charge is 2.60. The molecule has 1 aromatic rings. The van der Waals surface area contributed by atoms with Crippen LogP contribution in [0.3, 0.4) is 0 Å². The summed E-state index contributed by atoms with van der Waals surface area (Å²) in [5.74, 6) is 0.103. The summed E-state index contributed by atoms with van der Waals surface area (Å²) in [5, 5.41) is 2.76. The van der Waals surface area contributed by atoms with Gasteiger partial charge in [-0.25, -0.2) is 0 Å². The van der Waals surface area contributed by atoms with Crippen LogP contribution in [0.25, 0.3) is 0 Å². The molecule has 0 saturated heterocycles. The minimum Gasteiger partial charge on any atom is -0.346 e. The highest BCUT2D eigenvalue weighted by atomic mass is 35.5. The van der Waals surface area contributed by atoms with E-state index in [4.69, 9.17) is 11.6 Å². The van der Waals surface area contributed by atoms with E-state index in [1.807, 2.05) is 0 Å². The number of halogens is 1. The number of benzene rings is 1. The van der Waals surface area contributed by atoms with Gasteiger partial charge in [0.1, 0.15) is 0 Å². The summed E-state index contributed by atoms with van der Waals surface area (Å²) in [5.41, 5.74) is 4.71. The molecular weight excluding hydrogens is 366 g/mol. The number of alkyl halides is 1. The Bertz CT molecular complexity index is 753. The van der Waals surface area contributed by atoms with Crippen LogP contribution in [0.2, 0.25) is 0 Å². The lowest BCUT2D eigenvalue weighted by atomic mass is 9.49. The first-order valence-corrected chi connectivity index (χ1v) is 9.87. The molecule has 0 spiro atoms. The normalized spacial score (nSPS) is 33.4. The van der Waals surface area contributed by atoms with E-state index in [0.29, 0.717) is 23.8 Å². The maximum Gasteiger partial charge on any atom is 0.269 e. The van der Waals surface area contributed by atoms with Gasteiger partial charge in [-0.2, -0.15) is 0 Å². The summed E-state index contributed by atoms with van der Waals surface area (Å²) in [6, 6.07) is 8.59. The highest BCUT2D eigenvalue weighted by Crippen LogP contribution is 2.63. The van der Waals surface area contributed by atoms with E-state index in [1.54, 1.807) is 30.3 Å². The van der Waals surface area contributed by atoms with Crippen LogP contribution < -0.4 is 16.2 Å². The molecule has 3 N–H and O–H groups in total. The summed E-state index contributed by atoms with van der Waals surface area (Å²) in [6.07, 6.45) is 5.63. The third-order valence-electron chi connectivity index (χ3n) is 6.23. The first kappa shape index (κ1) is 18.3. The van der Waals surface area contributed by atoms with E-state index in [9.17, 15) is 14.4 Å². The molecule has 0 heterocycles. The van der Waals surface area contributed by atoms with Gasteiger partial charge < -0.3 is 5.32 Å².